The van der Waals surface area contributed by atoms with Crippen molar-refractivity contribution < 1.29 is 19.7 Å². The number of hydrogen-bond donors (Lipinski definition) is 4. The van der Waals surface area contributed by atoms with Crippen molar-refractivity contribution in [1.82, 2.24) is 0 Å². The number of carbonyl (C=O) groups excluding carboxylic acids is 2. The van der Waals surface area contributed by atoms with Gasteiger partial charge in [0.2, 0.25) is 0 Å². The number of rotatable bonds is 6. The molecular formula is C26H22N4O5. The van der Waals surface area contributed by atoms with Crippen molar-refractivity contribution >= 4 is 34.6 Å². The van der Waals surface area contributed by atoms with Gasteiger partial charge >= 0.3 is 0 Å². The van der Waals surface area contributed by atoms with Gasteiger partial charge in [0.15, 0.2) is 0 Å². The SMILES string of the molecule is O=C(Nc1ccccc1)c1ccc(NO)cc1.O=C(Nc1ccccc1)c1ccc([N+](=O)[O-])cc1. The fraction of sp³-hybridized carbons (Fsp3) is 0. The van der Waals surface area contributed by atoms with Gasteiger partial charge in [0.25, 0.3) is 17.5 Å². The fourth-order valence-electron chi connectivity index (χ4n) is 2.88. The van der Waals surface area contributed by atoms with Crippen LogP contribution in [-0.4, -0.2) is 21.9 Å². The molecular weight excluding hydrogens is 448 g/mol. The number of benzene rings is 4. The van der Waals surface area contributed by atoms with Gasteiger partial charge in [-0.1, -0.05) is 36.4 Å². The van der Waals surface area contributed by atoms with E-state index in [4.69, 9.17) is 5.21 Å². The molecule has 0 aliphatic heterocycles. The molecule has 0 spiro atoms. The third-order valence-electron chi connectivity index (χ3n) is 4.68. The minimum Gasteiger partial charge on any atom is -0.322 e. The summed E-state index contributed by atoms with van der Waals surface area (Å²) < 4.78 is 0. The van der Waals surface area contributed by atoms with Crippen molar-refractivity contribution in [2.24, 2.45) is 0 Å². The van der Waals surface area contributed by atoms with Crippen LogP contribution in [-0.2, 0) is 0 Å². The van der Waals surface area contributed by atoms with Crippen LogP contribution >= 0.6 is 0 Å². The van der Waals surface area contributed by atoms with Gasteiger partial charge in [-0.05, 0) is 60.7 Å². The van der Waals surface area contributed by atoms with Crippen LogP contribution in [0.15, 0.2) is 109 Å². The first-order chi connectivity index (χ1) is 17.0. The Balaban J connectivity index is 0.000000196. The predicted molar refractivity (Wildman–Crippen MR) is 134 cm³/mol. The minimum absolute atomic E-state index is 0.0359. The summed E-state index contributed by atoms with van der Waals surface area (Å²) in [6.07, 6.45) is 0. The first-order valence-corrected chi connectivity index (χ1v) is 10.4. The van der Waals surface area contributed by atoms with Crippen LogP contribution in [0.2, 0.25) is 0 Å². The lowest BCUT2D eigenvalue weighted by molar-refractivity contribution is -0.384. The molecule has 0 aliphatic carbocycles. The number of amides is 2. The molecule has 9 nitrogen and oxygen atoms in total. The molecule has 0 heterocycles. The van der Waals surface area contributed by atoms with E-state index in [9.17, 15) is 19.7 Å². The lowest BCUT2D eigenvalue weighted by atomic mass is 10.2. The molecule has 0 aromatic heterocycles. The molecule has 0 bridgehead atoms. The number of non-ortho nitro benzene ring substituents is 1. The summed E-state index contributed by atoms with van der Waals surface area (Å²) in [4.78, 5) is 33.6. The molecule has 0 radical (unpaired) electrons. The van der Waals surface area contributed by atoms with Crippen LogP contribution in [0.25, 0.3) is 0 Å². The highest BCUT2D eigenvalue weighted by molar-refractivity contribution is 6.05. The van der Waals surface area contributed by atoms with Gasteiger partial charge in [0.05, 0.1) is 10.6 Å². The van der Waals surface area contributed by atoms with Crippen LogP contribution < -0.4 is 16.1 Å². The molecule has 0 unspecified atom stereocenters. The summed E-state index contributed by atoms with van der Waals surface area (Å²) in [5.41, 5.74) is 4.87. The summed E-state index contributed by atoms with van der Waals surface area (Å²) in [7, 11) is 0. The van der Waals surface area contributed by atoms with E-state index >= 15 is 0 Å². The van der Waals surface area contributed by atoms with Crippen LogP contribution in [0.5, 0.6) is 0 Å². The summed E-state index contributed by atoms with van der Waals surface area (Å²) in [6, 6.07) is 30.2. The molecule has 0 fully saturated rings. The van der Waals surface area contributed by atoms with E-state index in [1.54, 1.807) is 36.4 Å². The van der Waals surface area contributed by atoms with E-state index < -0.39 is 4.92 Å². The molecule has 0 saturated carbocycles. The third kappa shape index (κ3) is 7.52. The van der Waals surface area contributed by atoms with Crippen molar-refractivity contribution in [2.45, 2.75) is 0 Å². The molecule has 0 atom stereocenters. The van der Waals surface area contributed by atoms with E-state index in [0.29, 0.717) is 22.5 Å². The number of carbonyl (C=O) groups is 2. The first kappa shape index (κ1) is 24.6. The summed E-state index contributed by atoms with van der Waals surface area (Å²) in [5, 5.41) is 24.6. The number of hydrogen-bond acceptors (Lipinski definition) is 6. The molecule has 0 saturated heterocycles. The number of nitrogens with zero attached hydrogens (tertiary/aromatic N) is 1. The Morgan fingerprint density at radius 1 is 0.600 bits per heavy atom. The summed E-state index contributed by atoms with van der Waals surface area (Å²) in [5.74, 6) is -0.475. The molecule has 4 aromatic carbocycles. The molecule has 0 aliphatic rings. The summed E-state index contributed by atoms with van der Waals surface area (Å²) in [6.45, 7) is 0. The Bertz CT molecular complexity index is 1260. The second kappa shape index (κ2) is 12.3. The number of para-hydroxylation sites is 2. The second-order valence-electron chi connectivity index (χ2n) is 7.13. The van der Waals surface area contributed by atoms with Crippen LogP contribution in [0.1, 0.15) is 20.7 Å². The number of nitro groups is 1. The van der Waals surface area contributed by atoms with Crippen LogP contribution in [0, 0.1) is 10.1 Å². The largest absolute Gasteiger partial charge is 0.322 e. The molecule has 176 valence electrons. The van der Waals surface area contributed by atoms with E-state index in [-0.39, 0.29) is 17.5 Å². The average molecular weight is 470 g/mol. The maximum atomic E-state index is 11.8. The van der Waals surface area contributed by atoms with Gasteiger partial charge in [-0.15, -0.1) is 0 Å². The van der Waals surface area contributed by atoms with Gasteiger partial charge in [0.1, 0.15) is 0 Å². The van der Waals surface area contributed by atoms with Gasteiger partial charge in [-0.3, -0.25) is 30.4 Å². The van der Waals surface area contributed by atoms with Crippen LogP contribution in [0.4, 0.5) is 22.7 Å². The van der Waals surface area contributed by atoms with E-state index in [1.165, 1.54) is 24.3 Å². The Labute approximate surface area is 201 Å². The van der Waals surface area contributed by atoms with Gasteiger partial charge < -0.3 is 10.6 Å². The Morgan fingerprint density at radius 2 is 1.00 bits per heavy atom. The quantitative estimate of drug-likeness (QED) is 0.214. The Hall–Kier alpha value is -5.02. The highest BCUT2D eigenvalue weighted by atomic mass is 16.6. The highest BCUT2D eigenvalue weighted by Gasteiger charge is 2.09. The molecule has 4 rings (SSSR count). The molecule has 35 heavy (non-hydrogen) atoms. The number of nitro benzene ring substituents is 1. The highest BCUT2D eigenvalue weighted by Crippen LogP contribution is 2.14. The maximum Gasteiger partial charge on any atom is 0.269 e. The Kier molecular flexibility index (Phi) is 8.64. The minimum atomic E-state index is -0.501. The lowest BCUT2D eigenvalue weighted by Crippen LogP contribution is -2.11. The Morgan fingerprint density at radius 3 is 1.37 bits per heavy atom. The van der Waals surface area contributed by atoms with E-state index in [1.807, 2.05) is 54.0 Å². The molecule has 4 N–H and O–H groups in total. The molecule has 9 heteroatoms. The summed E-state index contributed by atoms with van der Waals surface area (Å²) >= 11 is 0. The van der Waals surface area contributed by atoms with Crippen molar-refractivity contribution in [2.75, 3.05) is 16.1 Å². The number of anilines is 3. The zero-order valence-electron chi connectivity index (χ0n) is 18.4. The van der Waals surface area contributed by atoms with Crippen molar-refractivity contribution in [3.05, 3.63) is 130 Å². The lowest BCUT2D eigenvalue weighted by Gasteiger charge is -2.05. The number of nitrogens with one attached hydrogen (secondary N) is 3. The zero-order valence-corrected chi connectivity index (χ0v) is 18.4. The standard InChI is InChI=1S/C13H10N2O3.C13H12N2O2/c16-13(14-11-4-2-1-3-5-11)10-6-8-12(9-7-10)15(17)18;16-13(14-11-4-2-1-3-5-11)10-6-8-12(15-17)9-7-10/h1-9H,(H,14,16);1-9,15,17H,(H,14,16). The monoisotopic (exact) mass is 470 g/mol. The zero-order chi connectivity index (χ0) is 25.0. The maximum absolute atomic E-state index is 11.8. The van der Waals surface area contributed by atoms with Crippen molar-refractivity contribution in [3.63, 3.8) is 0 Å². The molecule has 4 aromatic rings. The van der Waals surface area contributed by atoms with Gasteiger partial charge in [-0.2, -0.15) is 0 Å². The fourth-order valence-corrected chi connectivity index (χ4v) is 2.88. The molecule has 2 amide bonds. The normalized spacial score (nSPS) is 9.74. The van der Waals surface area contributed by atoms with E-state index in [0.717, 1.165) is 5.69 Å². The van der Waals surface area contributed by atoms with Crippen molar-refractivity contribution in [1.29, 1.82) is 0 Å². The van der Waals surface area contributed by atoms with E-state index in [2.05, 4.69) is 10.6 Å². The average Bonchev–Trinajstić information content (AvgIpc) is 2.90. The van der Waals surface area contributed by atoms with Crippen molar-refractivity contribution in [3.8, 4) is 0 Å². The predicted octanol–water partition coefficient (Wildman–Crippen LogP) is 5.59. The smallest absolute Gasteiger partial charge is 0.269 e. The topological polar surface area (TPSA) is 134 Å². The van der Waals surface area contributed by atoms with Gasteiger partial charge in [-0.25, -0.2) is 0 Å². The van der Waals surface area contributed by atoms with Crippen LogP contribution in [0.3, 0.4) is 0 Å². The first-order valence-electron chi connectivity index (χ1n) is 10.4. The third-order valence-corrected chi connectivity index (χ3v) is 4.68. The van der Waals surface area contributed by atoms with Gasteiger partial charge in [0, 0.05) is 34.6 Å². The second-order valence-corrected chi connectivity index (χ2v) is 7.13.